The topological polar surface area (TPSA) is 66.4 Å². The molecule has 0 radical (unpaired) electrons. The summed E-state index contributed by atoms with van der Waals surface area (Å²) < 4.78 is 0. The van der Waals surface area contributed by atoms with Crippen LogP contribution in [0.3, 0.4) is 0 Å². The van der Waals surface area contributed by atoms with E-state index in [-0.39, 0.29) is 11.3 Å². The van der Waals surface area contributed by atoms with E-state index in [1.807, 2.05) is 18.2 Å². The summed E-state index contributed by atoms with van der Waals surface area (Å²) in [6.45, 7) is 0.547. The Morgan fingerprint density at radius 2 is 1.75 bits per heavy atom. The lowest BCUT2D eigenvalue weighted by atomic mass is 9.64. The molecule has 0 aliphatic heterocycles. The molecule has 0 saturated heterocycles. The zero-order valence-corrected chi connectivity index (χ0v) is 11.4. The van der Waals surface area contributed by atoms with E-state index in [0.29, 0.717) is 19.4 Å². The van der Waals surface area contributed by atoms with Gasteiger partial charge in [0.15, 0.2) is 0 Å². The molecule has 20 heavy (non-hydrogen) atoms. The maximum Gasteiger partial charge on any atom is 0.319 e. The van der Waals surface area contributed by atoms with Gasteiger partial charge in [0.1, 0.15) is 5.41 Å². The van der Waals surface area contributed by atoms with Gasteiger partial charge in [-0.05, 0) is 31.2 Å². The van der Waals surface area contributed by atoms with Crippen molar-refractivity contribution in [1.29, 1.82) is 0 Å². The van der Waals surface area contributed by atoms with Crippen molar-refractivity contribution in [3.8, 4) is 0 Å². The van der Waals surface area contributed by atoms with Gasteiger partial charge in [-0.25, -0.2) is 0 Å². The number of benzene rings is 1. The van der Waals surface area contributed by atoms with Gasteiger partial charge in [-0.1, -0.05) is 36.8 Å². The summed E-state index contributed by atoms with van der Waals surface area (Å²) >= 11 is 0. The van der Waals surface area contributed by atoms with Gasteiger partial charge in [0, 0.05) is 12.0 Å². The number of nitrogens with one attached hydrogen (secondary N) is 1. The third-order valence-electron chi connectivity index (χ3n) is 4.88. The van der Waals surface area contributed by atoms with Crippen molar-refractivity contribution in [2.24, 2.45) is 5.41 Å². The number of carboxylic acids is 1. The first kappa shape index (κ1) is 13.2. The van der Waals surface area contributed by atoms with E-state index in [1.54, 1.807) is 0 Å². The van der Waals surface area contributed by atoms with Gasteiger partial charge in [0.2, 0.25) is 5.91 Å². The van der Waals surface area contributed by atoms with Crippen molar-refractivity contribution in [1.82, 2.24) is 5.32 Å². The first-order valence-electron chi connectivity index (χ1n) is 7.16. The molecule has 2 aliphatic carbocycles. The minimum Gasteiger partial charge on any atom is -0.480 e. The molecule has 0 aromatic heterocycles. The van der Waals surface area contributed by atoms with E-state index in [0.717, 1.165) is 19.3 Å². The van der Waals surface area contributed by atoms with Crippen molar-refractivity contribution in [2.45, 2.75) is 37.5 Å². The maximum atomic E-state index is 12.1. The minimum atomic E-state index is -1.14. The van der Waals surface area contributed by atoms with Gasteiger partial charge < -0.3 is 10.4 Å². The highest BCUT2D eigenvalue weighted by molar-refractivity contribution is 6.04. The number of rotatable bonds is 5. The lowest BCUT2D eigenvalue weighted by Gasteiger charge is -2.42. The van der Waals surface area contributed by atoms with Crippen molar-refractivity contribution in [2.75, 3.05) is 6.54 Å². The Balaban J connectivity index is 1.68. The molecule has 4 nitrogen and oxygen atoms in total. The highest BCUT2D eigenvalue weighted by atomic mass is 16.4. The van der Waals surface area contributed by atoms with Gasteiger partial charge in [-0.3, -0.25) is 9.59 Å². The van der Waals surface area contributed by atoms with Crippen LogP contribution < -0.4 is 5.32 Å². The monoisotopic (exact) mass is 273 g/mol. The summed E-state index contributed by atoms with van der Waals surface area (Å²) in [5.41, 5.74) is 0.111. The summed E-state index contributed by atoms with van der Waals surface area (Å²) in [7, 11) is 0. The number of hydrogen-bond donors (Lipinski definition) is 2. The molecule has 1 amide bonds. The Morgan fingerprint density at radius 1 is 1.10 bits per heavy atom. The highest BCUT2D eigenvalue weighted by Gasteiger charge is 2.57. The number of aliphatic carboxylic acids is 1. The van der Waals surface area contributed by atoms with Crippen LogP contribution in [-0.2, 0) is 15.0 Å². The number of carboxylic acid groups (broad SMARTS) is 1. The van der Waals surface area contributed by atoms with Crippen molar-refractivity contribution in [3.63, 3.8) is 0 Å². The molecule has 0 heterocycles. The Bertz CT molecular complexity index is 530. The molecule has 106 valence electrons. The Morgan fingerprint density at radius 3 is 2.20 bits per heavy atom. The molecule has 1 aromatic carbocycles. The van der Waals surface area contributed by atoms with E-state index in [2.05, 4.69) is 17.4 Å². The van der Waals surface area contributed by atoms with Gasteiger partial charge in [-0.2, -0.15) is 0 Å². The smallest absolute Gasteiger partial charge is 0.319 e. The molecule has 3 rings (SSSR count). The van der Waals surface area contributed by atoms with Crippen molar-refractivity contribution >= 4 is 11.9 Å². The average molecular weight is 273 g/mol. The first-order valence-corrected chi connectivity index (χ1v) is 7.16. The van der Waals surface area contributed by atoms with Crippen LogP contribution in [0.15, 0.2) is 30.3 Å². The largest absolute Gasteiger partial charge is 0.480 e. The van der Waals surface area contributed by atoms with Crippen LogP contribution in [0, 0.1) is 5.41 Å². The van der Waals surface area contributed by atoms with Crippen LogP contribution in [0.25, 0.3) is 0 Å². The average Bonchev–Trinajstić information content (AvgIpc) is 3.20. The van der Waals surface area contributed by atoms with Gasteiger partial charge in [0.25, 0.3) is 0 Å². The van der Waals surface area contributed by atoms with Crippen LogP contribution in [0.2, 0.25) is 0 Å². The van der Waals surface area contributed by atoms with E-state index in [9.17, 15) is 9.59 Å². The van der Waals surface area contributed by atoms with Gasteiger partial charge in [-0.15, -0.1) is 0 Å². The summed E-state index contributed by atoms with van der Waals surface area (Å²) in [5.74, 6) is -1.30. The van der Waals surface area contributed by atoms with Crippen LogP contribution in [0.5, 0.6) is 0 Å². The second kappa shape index (κ2) is 4.62. The number of carbonyl (C=O) groups is 2. The third kappa shape index (κ3) is 1.99. The quantitative estimate of drug-likeness (QED) is 0.807. The first-order chi connectivity index (χ1) is 9.59. The normalized spacial score (nSPS) is 21.6. The van der Waals surface area contributed by atoms with Crippen molar-refractivity contribution < 1.29 is 14.7 Å². The molecule has 4 heteroatoms. The summed E-state index contributed by atoms with van der Waals surface area (Å²) in [5, 5.41) is 12.0. The second-order valence-corrected chi connectivity index (χ2v) is 6.07. The Hall–Kier alpha value is -1.84. The molecule has 0 spiro atoms. The molecular weight excluding hydrogens is 254 g/mol. The van der Waals surface area contributed by atoms with E-state index in [1.165, 1.54) is 5.56 Å². The van der Waals surface area contributed by atoms with E-state index >= 15 is 0 Å². The Labute approximate surface area is 118 Å². The number of amides is 1. The molecule has 2 N–H and O–H groups in total. The Kier molecular flexibility index (Phi) is 3.04. The number of hydrogen-bond acceptors (Lipinski definition) is 2. The second-order valence-electron chi connectivity index (χ2n) is 6.07. The van der Waals surface area contributed by atoms with Crippen LogP contribution in [0.4, 0.5) is 0 Å². The summed E-state index contributed by atoms with van der Waals surface area (Å²) in [6, 6.07) is 10.2. The minimum absolute atomic E-state index is 0.00546. The standard InChI is InChI=1S/C16H19NO3/c18-13(16(9-10-16)14(19)20)17-11-15(7-4-8-15)12-5-2-1-3-6-12/h1-3,5-6H,4,7-11H2,(H,17,18)(H,19,20). The van der Waals surface area contributed by atoms with Crippen LogP contribution in [-0.4, -0.2) is 23.5 Å². The molecule has 0 atom stereocenters. The predicted octanol–water partition coefficient (Wildman–Crippen LogP) is 2.09. The fraction of sp³-hybridized carbons (Fsp3) is 0.500. The fourth-order valence-corrected chi connectivity index (χ4v) is 3.04. The zero-order chi connectivity index (χ0) is 14.2. The predicted molar refractivity (Wildman–Crippen MR) is 74.3 cm³/mol. The highest BCUT2D eigenvalue weighted by Crippen LogP contribution is 2.47. The SMILES string of the molecule is O=C(O)C1(C(=O)NCC2(c3ccccc3)CCC2)CC1. The lowest BCUT2D eigenvalue weighted by molar-refractivity contribution is -0.149. The van der Waals surface area contributed by atoms with E-state index in [4.69, 9.17) is 5.11 Å². The summed E-state index contributed by atoms with van der Waals surface area (Å²) in [4.78, 5) is 23.2. The third-order valence-corrected chi connectivity index (χ3v) is 4.88. The van der Waals surface area contributed by atoms with Crippen molar-refractivity contribution in [3.05, 3.63) is 35.9 Å². The molecular formula is C16H19NO3. The molecule has 1 aromatic rings. The summed E-state index contributed by atoms with van der Waals surface area (Å²) in [6.07, 6.45) is 4.20. The number of carbonyl (C=O) groups excluding carboxylic acids is 1. The molecule has 2 fully saturated rings. The molecule has 2 saturated carbocycles. The zero-order valence-electron chi connectivity index (χ0n) is 11.4. The van der Waals surface area contributed by atoms with Crippen LogP contribution >= 0.6 is 0 Å². The molecule has 0 bridgehead atoms. The van der Waals surface area contributed by atoms with Gasteiger partial charge in [0.05, 0.1) is 0 Å². The lowest BCUT2D eigenvalue weighted by Crippen LogP contribution is -2.48. The molecule has 2 aliphatic rings. The van der Waals surface area contributed by atoms with Crippen LogP contribution in [0.1, 0.15) is 37.7 Å². The maximum absolute atomic E-state index is 12.1. The van der Waals surface area contributed by atoms with E-state index < -0.39 is 11.4 Å². The fourth-order valence-electron chi connectivity index (χ4n) is 3.04. The van der Waals surface area contributed by atoms with Gasteiger partial charge >= 0.3 is 5.97 Å². The molecule has 0 unspecified atom stereocenters.